The quantitative estimate of drug-likeness (QED) is 0.716. The summed E-state index contributed by atoms with van der Waals surface area (Å²) in [5.41, 5.74) is 0. The molecular weight excluding hydrogens is 313 g/mol. The Labute approximate surface area is 122 Å². The van der Waals surface area contributed by atoms with Gasteiger partial charge in [-0.1, -0.05) is 11.8 Å². The highest BCUT2D eigenvalue weighted by atomic mass is 32.2. The molecule has 118 valence electrons. The van der Waals surface area contributed by atoms with Crippen molar-refractivity contribution < 1.29 is 26.7 Å². The van der Waals surface area contributed by atoms with Gasteiger partial charge in [0.1, 0.15) is 0 Å². The summed E-state index contributed by atoms with van der Waals surface area (Å²) in [5.74, 6) is -4.74. The second-order valence-corrected chi connectivity index (χ2v) is 7.79. The summed E-state index contributed by atoms with van der Waals surface area (Å²) in [7, 11) is 0. The average Bonchev–Trinajstić information content (AvgIpc) is 2.90. The lowest BCUT2D eigenvalue weighted by Gasteiger charge is -2.28. The van der Waals surface area contributed by atoms with E-state index in [1.165, 1.54) is 0 Å². The van der Waals surface area contributed by atoms with Crippen molar-refractivity contribution in [3.05, 3.63) is 0 Å². The zero-order chi connectivity index (χ0) is 15.6. The highest BCUT2D eigenvalue weighted by Gasteiger charge is 2.62. The lowest BCUT2D eigenvalue weighted by atomic mass is 9.85. The number of aliphatic imine (C=N–C) groups is 1. The van der Waals surface area contributed by atoms with Crippen LogP contribution in [-0.2, 0) is 4.79 Å². The summed E-state index contributed by atoms with van der Waals surface area (Å²) in [6.45, 7) is 0.825. The molecule has 3 rings (SSSR count). The Bertz CT molecular complexity index is 517. The molecule has 2 aliphatic carbocycles. The van der Waals surface area contributed by atoms with E-state index in [-0.39, 0.29) is 29.7 Å². The number of alkyl halides is 5. The van der Waals surface area contributed by atoms with E-state index >= 15 is 0 Å². The molecule has 2 saturated carbocycles. The number of carbonyl (C=O) groups excluding carboxylic acids is 1. The molecular formula is C13H14F5NOS. The Balaban J connectivity index is 1.67. The molecule has 2 fully saturated rings. The first-order valence-corrected chi connectivity index (χ1v) is 7.60. The van der Waals surface area contributed by atoms with Crippen LogP contribution >= 0.6 is 11.8 Å². The number of carbonyl (C=O) groups is 1. The van der Waals surface area contributed by atoms with Gasteiger partial charge < -0.3 is 0 Å². The highest BCUT2D eigenvalue weighted by Crippen LogP contribution is 2.58. The molecule has 0 saturated heterocycles. The van der Waals surface area contributed by atoms with Gasteiger partial charge in [0.25, 0.3) is 11.8 Å². The van der Waals surface area contributed by atoms with E-state index in [0.29, 0.717) is 24.6 Å². The molecule has 0 radical (unpaired) electrons. The van der Waals surface area contributed by atoms with Gasteiger partial charge >= 0.3 is 6.18 Å². The summed E-state index contributed by atoms with van der Waals surface area (Å²) in [6, 6.07) is 0. The van der Waals surface area contributed by atoms with Gasteiger partial charge in [0, 0.05) is 12.3 Å². The Morgan fingerprint density at radius 2 is 2.00 bits per heavy atom. The molecule has 0 N–H and O–H groups in total. The van der Waals surface area contributed by atoms with Gasteiger partial charge in [0.2, 0.25) is 0 Å². The maximum atomic E-state index is 13.4. The van der Waals surface area contributed by atoms with Gasteiger partial charge in [-0.05, 0) is 38.0 Å². The number of nitrogens with zero attached hydrogens (tertiary/aromatic N) is 1. The molecule has 0 spiro atoms. The average molecular weight is 327 g/mol. The van der Waals surface area contributed by atoms with Crippen LogP contribution in [-0.4, -0.2) is 27.8 Å². The van der Waals surface area contributed by atoms with Crippen molar-refractivity contribution in [2.24, 2.45) is 22.7 Å². The maximum Gasteiger partial charge on any atom is 0.412 e. The first kappa shape index (κ1) is 15.2. The number of hydrogen-bond donors (Lipinski definition) is 0. The smallest absolute Gasteiger partial charge is 0.271 e. The van der Waals surface area contributed by atoms with Crippen LogP contribution in [0.4, 0.5) is 22.0 Å². The number of amides is 1. The van der Waals surface area contributed by atoms with Crippen molar-refractivity contribution in [3.63, 3.8) is 0 Å². The van der Waals surface area contributed by atoms with Crippen molar-refractivity contribution in [1.29, 1.82) is 0 Å². The van der Waals surface area contributed by atoms with Crippen LogP contribution in [0.3, 0.4) is 0 Å². The van der Waals surface area contributed by atoms with E-state index in [1.54, 1.807) is 0 Å². The van der Waals surface area contributed by atoms with Crippen LogP contribution in [0.15, 0.2) is 4.99 Å². The van der Waals surface area contributed by atoms with E-state index in [9.17, 15) is 26.7 Å². The summed E-state index contributed by atoms with van der Waals surface area (Å²) in [6.07, 6.45) is -3.90. The monoisotopic (exact) mass is 327 g/mol. The van der Waals surface area contributed by atoms with Crippen LogP contribution in [0.25, 0.3) is 0 Å². The van der Waals surface area contributed by atoms with Crippen molar-refractivity contribution in [1.82, 2.24) is 0 Å². The molecule has 0 unspecified atom stereocenters. The van der Waals surface area contributed by atoms with Gasteiger partial charge in [-0.3, -0.25) is 4.79 Å². The topological polar surface area (TPSA) is 29.4 Å². The highest BCUT2D eigenvalue weighted by molar-refractivity contribution is 8.16. The van der Waals surface area contributed by atoms with E-state index < -0.39 is 28.7 Å². The molecule has 0 aromatic heterocycles. The number of thioether (sulfide) groups is 1. The molecule has 3 aliphatic rings. The number of hydrogen-bond acceptors (Lipinski definition) is 2. The minimum atomic E-state index is -4.66. The predicted octanol–water partition coefficient (Wildman–Crippen LogP) is 4.05. The SMILES string of the molecule is C[C@]1(C(F)(F)F)SC(C[C@H]2C[C@H]3C[C@@H]2CC3(F)F)=NC1=O. The molecule has 1 amide bonds. The Morgan fingerprint density at radius 3 is 2.43 bits per heavy atom. The third-order valence-corrected chi connectivity index (χ3v) is 6.21. The van der Waals surface area contributed by atoms with Crippen molar-refractivity contribution in [2.75, 3.05) is 0 Å². The van der Waals surface area contributed by atoms with Crippen LogP contribution < -0.4 is 0 Å². The van der Waals surface area contributed by atoms with Crippen LogP contribution in [0, 0.1) is 17.8 Å². The predicted molar refractivity (Wildman–Crippen MR) is 68.4 cm³/mol. The summed E-state index contributed by atoms with van der Waals surface area (Å²) >= 11 is 0.430. The largest absolute Gasteiger partial charge is 0.412 e. The zero-order valence-corrected chi connectivity index (χ0v) is 12.0. The minimum Gasteiger partial charge on any atom is -0.271 e. The van der Waals surface area contributed by atoms with Crippen LogP contribution in [0.1, 0.15) is 32.6 Å². The summed E-state index contributed by atoms with van der Waals surface area (Å²) in [5, 5.41) is 0.140. The fourth-order valence-electron chi connectivity index (χ4n) is 3.59. The van der Waals surface area contributed by atoms with Gasteiger partial charge in [0.05, 0.1) is 5.04 Å². The summed E-state index contributed by atoms with van der Waals surface area (Å²) < 4.78 is 63.1. The van der Waals surface area contributed by atoms with Crippen molar-refractivity contribution in [2.45, 2.75) is 49.5 Å². The van der Waals surface area contributed by atoms with Gasteiger partial charge in [0.15, 0.2) is 4.75 Å². The first-order valence-electron chi connectivity index (χ1n) is 6.78. The lowest BCUT2D eigenvalue weighted by molar-refractivity contribution is -0.165. The van der Waals surface area contributed by atoms with Crippen LogP contribution in [0.2, 0.25) is 0 Å². The maximum absolute atomic E-state index is 13.4. The van der Waals surface area contributed by atoms with Gasteiger partial charge in [-0.15, -0.1) is 0 Å². The second-order valence-electron chi connectivity index (χ2n) is 6.30. The third-order valence-electron chi connectivity index (χ3n) is 4.91. The van der Waals surface area contributed by atoms with E-state index in [1.807, 2.05) is 0 Å². The standard InChI is InChI=1S/C13H14F5NOS/c1-11(13(16,17)18)10(20)19-9(21-11)4-6-2-8-3-7(6)5-12(8,14)15/h6-8H,2-5H2,1H3/t6-,7-,8+,11+/m1/s1. The van der Waals surface area contributed by atoms with Gasteiger partial charge in [-0.25, -0.2) is 13.8 Å². The number of halogens is 5. The van der Waals surface area contributed by atoms with E-state index in [4.69, 9.17) is 0 Å². The minimum absolute atomic E-state index is 0.0794. The Morgan fingerprint density at radius 1 is 1.33 bits per heavy atom. The van der Waals surface area contributed by atoms with Gasteiger partial charge in [-0.2, -0.15) is 13.2 Å². The first-order chi connectivity index (χ1) is 9.53. The fraction of sp³-hybridized carbons (Fsp3) is 0.846. The van der Waals surface area contributed by atoms with E-state index in [2.05, 4.69) is 4.99 Å². The molecule has 0 aromatic carbocycles. The summed E-state index contributed by atoms with van der Waals surface area (Å²) in [4.78, 5) is 15.1. The van der Waals surface area contributed by atoms with Crippen LogP contribution in [0.5, 0.6) is 0 Å². The lowest BCUT2D eigenvalue weighted by Crippen LogP contribution is -2.43. The second kappa shape index (κ2) is 4.43. The number of rotatable bonds is 2. The zero-order valence-electron chi connectivity index (χ0n) is 11.2. The molecule has 8 heteroatoms. The van der Waals surface area contributed by atoms with Crippen molar-refractivity contribution in [3.8, 4) is 0 Å². The fourth-order valence-corrected chi connectivity index (χ4v) is 4.73. The molecule has 1 heterocycles. The number of fused-ring (bicyclic) bond motifs is 2. The third kappa shape index (κ3) is 2.29. The van der Waals surface area contributed by atoms with E-state index in [0.717, 1.165) is 6.92 Å². The molecule has 0 aromatic rings. The Kier molecular flexibility index (Phi) is 3.21. The molecule has 2 bridgehead atoms. The Hall–Kier alpha value is -0.660. The molecule has 2 nitrogen and oxygen atoms in total. The molecule has 1 aliphatic heterocycles. The molecule has 4 atom stereocenters. The van der Waals surface area contributed by atoms with Crippen molar-refractivity contribution >= 4 is 22.7 Å². The molecule has 21 heavy (non-hydrogen) atoms. The normalized spacial score (nSPS) is 41.7.